The van der Waals surface area contributed by atoms with Crippen LogP contribution in [-0.4, -0.2) is 29.8 Å². The molecule has 0 spiro atoms. The highest BCUT2D eigenvalue weighted by atomic mass is 16.5. The van der Waals surface area contributed by atoms with Gasteiger partial charge < -0.3 is 19.6 Å². The van der Waals surface area contributed by atoms with Crippen molar-refractivity contribution in [1.82, 2.24) is 4.98 Å². The van der Waals surface area contributed by atoms with E-state index in [2.05, 4.69) is 4.98 Å². The molecule has 0 aliphatic heterocycles. The van der Waals surface area contributed by atoms with Crippen LogP contribution >= 0.6 is 0 Å². The van der Waals surface area contributed by atoms with Crippen LogP contribution in [0.3, 0.4) is 0 Å². The summed E-state index contributed by atoms with van der Waals surface area (Å²) in [5, 5.41) is 11.1. The first-order valence-electron chi connectivity index (χ1n) is 7.72. The summed E-state index contributed by atoms with van der Waals surface area (Å²) in [6, 6.07) is 10.7. The molecule has 0 unspecified atom stereocenters. The molecule has 5 nitrogen and oxygen atoms in total. The Balaban J connectivity index is 2.29. The Morgan fingerprint density at radius 3 is 2.50 bits per heavy atom. The predicted molar refractivity (Wildman–Crippen MR) is 92.6 cm³/mol. The first kappa shape index (κ1) is 15.9. The largest absolute Gasteiger partial charge is 0.507 e. The number of ether oxygens (including phenoxy) is 2. The molecular formula is C19H19NO4. The average Bonchev–Trinajstić information content (AvgIpc) is 2.91. The lowest BCUT2D eigenvalue weighted by atomic mass is 9.97. The monoisotopic (exact) mass is 325 g/mol. The molecule has 0 atom stereocenters. The molecule has 2 aromatic carbocycles. The Bertz CT molecular complexity index is 894. The van der Waals surface area contributed by atoms with Crippen LogP contribution in [0.25, 0.3) is 22.0 Å². The topological polar surface area (TPSA) is 71.6 Å². The van der Waals surface area contributed by atoms with Gasteiger partial charge in [-0.05, 0) is 43.7 Å². The molecule has 0 saturated carbocycles. The van der Waals surface area contributed by atoms with Gasteiger partial charge in [-0.25, -0.2) is 4.79 Å². The molecule has 1 aromatic heterocycles. The van der Waals surface area contributed by atoms with Crippen molar-refractivity contribution in [1.29, 1.82) is 0 Å². The van der Waals surface area contributed by atoms with E-state index in [1.807, 2.05) is 31.2 Å². The third-order valence-corrected chi connectivity index (χ3v) is 3.99. The van der Waals surface area contributed by atoms with Crippen LogP contribution in [0.1, 0.15) is 23.0 Å². The zero-order valence-corrected chi connectivity index (χ0v) is 13.8. The van der Waals surface area contributed by atoms with Gasteiger partial charge in [-0.2, -0.15) is 0 Å². The maximum absolute atomic E-state index is 12.4. The molecule has 124 valence electrons. The second-order valence-corrected chi connectivity index (χ2v) is 5.46. The highest BCUT2D eigenvalue weighted by Gasteiger charge is 2.22. The number of aromatic amines is 1. The second-order valence-electron chi connectivity index (χ2n) is 5.46. The lowest BCUT2D eigenvalue weighted by Gasteiger charge is -2.10. The van der Waals surface area contributed by atoms with Crippen LogP contribution in [0, 0.1) is 6.92 Å². The summed E-state index contributed by atoms with van der Waals surface area (Å²) < 4.78 is 10.4. The van der Waals surface area contributed by atoms with Crippen LogP contribution in [0.4, 0.5) is 0 Å². The highest BCUT2D eigenvalue weighted by Crippen LogP contribution is 2.39. The summed E-state index contributed by atoms with van der Waals surface area (Å²) in [6.07, 6.45) is 0. The van der Waals surface area contributed by atoms with Crippen LogP contribution in [0.5, 0.6) is 11.5 Å². The molecule has 0 saturated heterocycles. The first-order valence-corrected chi connectivity index (χ1v) is 7.72. The number of aromatic hydroxyl groups is 1. The maximum Gasteiger partial charge on any atom is 0.340 e. The number of methoxy groups -OCH3 is 1. The summed E-state index contributed by atoms with van der Waals surface area (Å²) in [4.78, 5) is 15.6. The zero-order chi connectivity index (χ0) is 17.3. The molecule has 0 aliphatic rings. The number of nitrogens with one attached hydrogen (secondary N) is 1. The molecule has 2 N–H and O–H groups in total. The summed E-state index contributed by atoms with van der Waals surface area (Å²) in [7, 11) is 1.60. The van der Waals surface area contributed by atoms with Gasteiger partial charge >= 0.3 is 5.97 Å². The first-order chi connectivity index (χ1) is 11.6. The molecule has 0 fully saturated rings. The quantitative estimate of drug-likeness (QED) is 0.710. The fourth-order valence-electron chi connectivity index (χ4n) is 2.92. The minimum absolute atomic E-state index is 0.109. The van der Waals surface area contributed by atoms with Gasteiger partial charge in [-0.15, -0.1) is 0 Å². The fourth-order valence-corrected chi connectivity index (χ4v) is 2.92. The molecule has 3 rings (SSSR count). The third-order valence-electron chi connectivity index (χ3n) is 3.99. The SMILES string of the molecule is CCOC(=O)c1c(C)[nH]c2ccc(O)c(-c3ccc(OC)cc3)c12. The van der Waals surface area contributed by atoms with Gasteiger partial charge in [0.05, 0.1) is 19.3 Å². The van der Waals surface area contributed by atoms with Crippen LogP contribution in [0.15, 0.2) is 36.4 Å². The van der Waals surface area contributed by atoms with E-state index >= 15 is 0 Å². The zero-order valence-electron chi connectivity index (χ0n) is 13.8. The van der Waals surface area contributed by atoms with E-state index in [0.29, 0.717) is 28.8 Å². The maximum atomic E-state index is 12.4. The molecule has 0 radical (unpaired) electrons. The van der Waals surface area contributed by atoms with E-state index in [0.717, 1.165) is 16.8 Å². The van der Waals surface area contributed by atoms with Crippen LogP contribution in [0.2, 0.25) is 0 Å². The second kappa shape index (κ2) is 6.28. The van der Waals surface area contributed by atoms with Gasteiger partial charge in [-0.3, -0.25) is 0 Å². The summed E-state index contributed by atoms with van der Waals surface area (Å²) in [5.41, 5.74) is 3.34. The van der Waals surface area contributed by atoms with Crippen LogP contribution in [-0.2, 0) is 4.74 Å². The molecular weight excluding hydrogens is 306 g/mol. The Hall–Kier alpha value is -2.95. The van der Waals surface area contributed by atoms with Crippen molar-refractivity contribution in [3.8, 4) is 22.6 Å². The molecule has 0 bridgehead atoms. The van der Waals surface area contributed by atoms with Crippen molar-refractivity contribution in [3.63, 3.8) is 0 Å². The van der Waals surface area contributed by atoms with Gasteiger partial charge in [0.2, 0.25) is 0 Å². The number of phenolic OH excluding ortho intramolecular Hbond substituents is 1. The van der Waals surface area contributed by atoms with Crippen LogP contribution < -0.4 is 4.74 Å². The Kier molecular flexibility index (Phi) is 4.16. The van der Waals surface area contributed by atoms with Gasteiger partial charge in [0.1, 0.15) is 11.5 Å². The summed E-state index contributed by atoms with van der Waals surface area (Å²) in [5.74, 6) is 0.431. The molecule has 5 heteroatoms. The van der Waals surface area contributed by atoms with E-state index < -0.39 is 5.97 Å². The van der Waals surface area contributed by atoms with Gasteiger partial charge in [0.25, 0.3) is 0 Å². The number of esters is 1. The van der Waals surface area contributed by atoms with Gasteiger partial charge in [-0.1, -0.05) is 12.1 Å². The van der Waals surface area contributed by atoms with E-state index in [1.54, 1.807) is 26.2 Å². The number of hydrogen-bond donors (Lipinski definition) is 2. The smallest absolute Gasteiger partial charge is 0.340 e. The molecule has 3 aromatic rings. The predicted octanol–water partition coefficient (Wildman–Crippen LogP) is 4.03. The molecule has 0 aliphatic carbocycles. The Labute approximate surface area is 139 Å². The van der Waals surface area contributed by atoms with Crippen molar-refractivity contribution in [2.24, 2.45) is 0 Å². The van der Waals surface area contributed by atoms with Crippen molar-refractivity contribution in [2.75, 3.05) is 13.7 Å². The van der Waals surface area contributed by atoms with E-state index in [1.165, 1.54) is 0 Å². The number of aryl methyl sites for hydroxylation is 1. The number of phenols is 1. The lowest BCUT2D eigenvalue weighted by Crippen LogP contribution is -2.06. The molecule has 1 heterocycles. The fraction of sp³-hybridized carbons (Fsp3) is 0.211. The normalized spacial score (nSPS) is 10.8. The standard InChI is InChI=1S/C19H19NO4/c1-4-24-19(22)16-11(2)20-14-9-10-15(21)17(18(14)16)12-5-7-13(23-3)8-6-12/h5-10,20-21H,4H2,1-3H3. The van der Waals surface area contributed by atoms with E-state index in [-0.39, 0.29) is 5.75 Å². The number of hydrogen-bond acceptors (Lipinski definition) is 4. The van der Waals surface area contributed by atoms with E-state index in [4.69, 9.17) is 9.47 Å². The average molecular weight is 325 g/mol. The highest BCUT2D eigenvalue weighted by molar-refractivity contribution is 6.12. The van der Waals surface area contributed by atoms with Crippen molar-refractivity contribution < 1.29 is 19.4 Å². The molecule has 24 heavy (non-hydrogen) atoms. The number of H-pyrrole nitrogens is 1. The number of aromatic nitrogens is 1. The number of rotatable bonds is 4. The Morgan fingerprint density at radius 1 is 1.17 bits per heavy atom. The van der Waals surface area contributed by atoms with Gasteiger partial charge in [0.15, 0.2) is 0 Å². The minimum atomic E-state index is -0.401. The van der Waals surface area contributed by atoms with Crippen molar-refractivity contribution >= 4 is 16.9 Å². The van der Waals surface area contributed by atoms with Crippen molar-refractivity contribution in [3.05, 3.63) is 47.7 Å². The number of carbonyl (C=O) groups excluding carboxylic acids is 1. The summed E-state index contributed by atoms with van der Waals surface area (Å²) >= 11 is 0. The third kappa shape index (κ3) is 2.58. The minimum Gasteiger partial charge on any atom is -0.507 e. The molecule has 0 amide bonds. The van der Waals surface area contributed by atoms with E-state index in [9.17, 15) is 9.90 Å². The van der Waals surface area contributed by atoms with Crippen molar-refractivity contribution in [2.45, 2.75) is 13.8 Å². The Morgan fingerprint density at radius 2 is 1.88 bits per heavy atom. The summed E-state index contributed by atoms with van der Waals surface area (Å²) in [6.45, 7) is 3.88. The number of benzene rings is 2. The lowest BCUT2D eigenvalue weighted by molar-refractivity contribution is 0.0528. The number of carbonyl (C=O) groups is 1. The van der Waals surface area contributed by atoms with Gasteiger partial charge in [0, 0.05) is 22.2 Å². The number of fused-ring (bicyclic) bond motifs is 1.